The van der Waals surface area contributed by atoms with Crippen molar-refractivity contribution in [1.29, 1.82) is 0 Å². The SMILES string of the molecule is CC(C)C[C@@H](NC(=O)[C@H](CC(=O)C(N)C(C)(C)C)Cc1ccccc1)C(=O)C[C@H](CCCCN)C(=O)N1CCC(N)(C(=O)O)CC1. The van der Waals surface area contributed by atoms with E-state index in [0.29, 0.717) is 38.6 Å². The molecule has 0 aliphatic carbocycles. The number of hydrogen-bond donors (Lipinski definition) is 5. The van der Waals surface area contributed by atoms with Gasteiger partial charge in [-0.05, 0) is 62.0 Å². The molecular weight excluding hydrogens is 586 g/mol. The molecule has 46 heavy (non-hydrogen) atoms. The molecule has 0 bridgehead atoms. The summed E-state index contributed by atoms with van der Waals surface area (Å²) in [5, 5.41) is 12.4. The zero-order valence-corrected chi connectivity index (χ0v) is 28.4. The Kier molecular flexibility index (Phi) is 15.0. The first kappa shape index (κ1) is 39.0. The zero-order valence-electron chi connectivity index (χ0n) is 28.4. The molecule has 0 spiro atoms. The van der Waals surface area contributed by atoms with Gasteiger partial charge in [-0.15, -0.1) is 0 Å². The third-order valence-electron chi connectivity index (χ3n) is 9.03. The maximum absolute atomic E-state index is 13.9. The predicted octanol–water partition coefficient (Wildman–Crippen LogP) is 2.82. The minimum atomic E-state index is -1.37. The first-order valence-corrected chi connectivity index (χ1v) is 16.6. The lowest BCUT2D eigenvalue weighted by molar-refractivity contribution is -0.149. The number of carbonyl (C=O) groups is 5. The summed E-state index contributed by atoms with van der Waals surface area (Å²) in [6.45, 7) is 10.4. The van der Waals surface area contributed by atoms with Crippen LogP contribution in [0.15, 0.2) is 30.3 Å². The van der Waals surface area contributed by atoms with Crippen LogP contribution in [0.5, 0.6) is 0 Å². The van der Waals surface area contributed by atoms with Crippen molar-refractivity contribution in [1.82, 2.24) is 10.2 Å². The quantitative estimate of drug-likeness (QED) is 0.149. The highest BCUT2D eigenvalue weighted by molar-refractivity contribution is 5.95. The average molecular weight is 644 g/mol. The number of carboxylic acid groups (broad SMARTS) is 1. The molecule has 1 saturated heterocycles. The number of carbonyl (C=O) groups excluding carboxylic acids is 4. The van der Waals surface area contributed by atoms with Crippen molar-refractivity contribution >= 4 is 29.4 Å². The van der Waals surface area contributed by atoms with Gasteiger partial charge in [-0.2, -0.15) is 0 Å². The Labute approximate surface area is 274 Å². The van der Waals surface area contributed by atoms with Gasteiger partial charge in [0.1, 0.15) is 5.54 Å². The Hall–Kier alpha value is -3.15. The number of rotatable bonds is 18. The first-order chi connectivity index (χ1) is 21.5. The minimum absolute atomic E-state index is 0.0596. The van der Waals surface area contributed by atoms with E-state index in [0.717, 1.165) is 5.56 Å². The van der Waals surface area contributed by atoms with Gasteiger partial charge in [0.15, 0.2) is 11.6 Å². The molecule has 1 aliphatic rings. The summed E-state index contributed by atoms with van der Waals surface area (Å²) >= 11 is 0. The van der Waals surface area contributed by atoms with E-state index in [2.05, 4.69) is 5.32 Å². The van der Waals surface area contributed by atoms with Crippen molar-refractivity contribution in [2.75, 3.05) is 19.6 Å². The van der Waals surface area contributed by atoms with Gasteiger partial charge in [0.25, 0.3) is 0 Å². The zero-order chi connectivity index (χ0) is 34.7. The van der Waals surface area contributed by atoms with Crippen LogP contribution in [-0.2, 0) is 30.4 Å². The monoisotopic (exact) mass is 643 g/mol. The Morgan fingerprint density at radius 2 is 1.54 bits per heavy atom. The molecule has 11 nitrogen and oxygen atoms in total. The largest absolute Gasteiger partial charge is 0.480 e. The highest BCUT2D eigenvalue weighted by Gasteiger charge is 2.40. The number of ketones is 2. The molecule has 1 unspecified atom stereocenters. The van der Waals surface area contributed by atoms with Crippen LogP contribution in [0.4, 0.5) is 0 Å². The highest BCUT2D eigenvalue weighted by Crippen LogP contribution is 2.26. The second-order valence-corrected chi connectivity index (χ2v) is 14.5. The highest BCUT2D eigenvalue weighted by atomic mass is 16.4. The Morgan fingerprint density at radius 3 is 2.07 bits per heavy atom. The lowest BCUT2D eigenvalue weighted by atomic mass is 9.81. The molecule has 1 heterocycles. The number of piperidine rings is 1. The van der Waals surface area contributed by atoms with Crippen LogP contribution in [0.3, 0.4) is 0 Å². The van der Waals surface area contributed by atoms with Crippen molar-refractivity contribution in [3.05, 3.63) is 35.9 Å². The van der Waals surface area contributed by atoms with Gasteiger partial charge < -0.3 is 32.5 Å². The number of nitrogens with zero attached hydrogens (tertiary/aromatic N) is 1. The number of Topliss-reactive ketones (excluding diaryl/α,β-unsaturated/α-hetero) is 2. The minimum Gasteiger partial charge on any atom is -0.480 e. The molecule has 2 amide bonds. The summed E-state index contributed by atoms with van der Waals surface area (Å²) in [4.78, 5) is 67.8. The van der Waals surface area contributed by atoms with Crippen LogP contribution in [-0.4, -0.2) is 76.6 Å². The molecule has 1 fully saturated rings. The topological polar surface area (TPSA) is 199 Å². The number of carboxylic acids is 1. The summed E-state index contributed by atoms with van der Waals surface area (Å²) in [6, 6.07) is 7.83. The third kappa shape index (κ3) is 11.9. The first-order valence-electron chi connectivity index (χ1n) is 16.6. The number of benzene rings is 1. The molecule has 0 saturated carbocycles. The van der Waals surface area contributed by atoms with Crippen LogP contribution in [0, 0.1) is 23.2 Å². The maximum Gasteiger partial charge on any atom is 0.323 e. The molecule has 1 aromatic carbocycles. The Bertz CT molecular complexity index is 1170. The van der Waals surface area contributed by atoms with Gasteiger partial charge in [-0.1, -0.05) is 71.4 Å². The molecule has 2 rings (SSSR count). The number of amides is 2. The molecule has 4 atom stereocenters. The number of unbranched alkanes of at least 4 members (excludes halogenated alkanes) is 1. The fraction of sp³-hybridized carbons (Fsp3) is 0.686. The van der Waals surface area contributed by atoms with Crippen molar-refractivity contribution in [3.8, 4) is 0 Å². The molecule has 0 aromatic heterocycles. The van der Waals surface area contributed by atoms with Crippen molar-refractivity contribution in [2.24, 2.45) is 40.4 Å². The van der Waals surface area contributed by atoms with Crippen LogP contribution in [0.1, 0.15) is 91.5 Å². The Balaban J connectivity index is 2.26. The van der Waals surface area contributed by atoms with Gasteiger partial charge in [0, 0.05) is 37.8 Å². The molecular formula is C35H57N5O6. The predicted molar refractivity (Wildman–Crippen MR) is 178 cm³/mol. The fourth-order valence-electron chi connectivity index (χ4n) is 5.87. The van der Waals surface area contributed by atoms with Crippen molar-refractivity contribution in [3.63, 3.8) is 0 Å². The average Bonchev–Trinajstić information content (AvgIpc) is 2.99. The molecule has 1 aliphatic heterocycles. The summed E-state index contributed by atoms with van der Waals surface area (Å²) in [5.74, 6) is -3.46. The van der Waals surface area contributed by atoms with E-state index in [9.17, 15) is 29.1 Å². The summed E-state index contributed by atoms with van der Waals surface area (Å²) in [6.07, 6.45) is 2.61. The van der Waals surface area contributed by atoms with Crippen LogP contribution < -0.4 is 22.5 Å². The van der Waals surface area contributed by atoms with E-state index in [1.807, 2.05) is 65.0 Å². The van der Waals surface area contributed by atoms with E-state index in [1.165, 1.54) is 0 Å². The lowest BCUT2D eigenvalue weighted by Gasteiger charge is -2.38. The van der Waals surface area contributed by atoms with E-state index < -0.39 is 46.7 Å². The maximum atomic E-state index is 13.9. The Morgan fingerprint density at radius 1 is 0.957 bits per heavy atom. The molecule has 258 valence electrons. The number of nitrogens with one attached hydrogen (secondary N) is 1. The molecule has 0 radical (unpaired) electrons. The van der Waals surface area contributed by atoms with E-state index in [-0.39, 0.29) is 62.2 Å². The number of hydrogen-bond acceptors (Lipinski definition) is 8. The third-order valence-corrected chi connectivity index (χ3v) is 9.03. The van der Waals surface area contributed by atoms with E-state index in [4.69, 9.17) is 17.2 Å². The van der Waals surface area contributed by atoms with Gasteiger partial charge in [0.05, 0.1) is 12.1 Å². The van der Waals surface area contributed by atoms with Crippen LogP contribution in [0.2, 0.25) is 0 Å². The van der Waals surface area contributed by atoms with E-state index >= 15 is 0 Å². The fourth-order valence-corrected chi connectivity index (χ4v) is 5.87. The summed E-state index contributed by atoms with van der Waals surface area (Å²) in [5.41, 5.74) is 17.0. The van der Waals surface area contributed by atoms with Crippen LogP contribution >= 0.6 is 0 Å². The van der Waals surface area contributed by atoms with Gasteiger partial charge >= 0.3 is 5.97 Å². The lowest BCUT2D eigenvalue weighted by Crippen LogP contribution is -2.57. The number of aliphatic carboxylic acids is 1. The molecule has 8 N–H and O–H groups in total. The molecule has 11 heteroatoms. The molecule has 1 aromatic rings. The van der Waals surface area contributed by atoms with Crippen LogP contribution in [0.25, 0.3) is 0 Å². The summed E-state index contributed by atoms with van der Waals surface area (Å²) in [7, 11) is 0. The number of likely N-dealkylation sites (tertiary alicyclic amines) is 1. The van der Waals surface area contributed by atoms with Crippen molar-refractivity contribution < 1.29 is 29.1 Å². The second-order valence-electron chi connectivity index (χ2n) is 14.5. The van der Waals surface area contributed by atoms with Gasteiger partial charge in [-0.3, -0.25) is 24.0 Å². The summed E-state index contributed by atoms with van der Waals surface area (Å²) < 4.78 is 0. The smallest absolute Gasteiger partial charge is 0.323 e. The second kappa shape index (κ2) is 17.7. The standard InChI is InChI=1S/C35H57N5O6/c1-23(2)19-27(39-31(43)26(20-24-11-7-6-8-12-24)22-29(42)30(37)34(3,4)5)28(41)21-25(13-9-10-16-36)32(44)40-17-14-35(38,15-18-40)33(45)46/h6-8,11-12,23,25-27,30H,9-10,13-22,36-38H2,1-5H3,(H,39,43)(H,45,46)/t25-,26-,27+,30?/m0/s1. The van der Waals surface area contributed by atoms with Crippen molar-refractivity contribution in [2.45, 2.75) is 110 Å². The number of nitrogens with two attached hydrogens (primary N) is 3. The van der Waals surface area contributed by atoms with Gasteiger partial charge in [0.2, 0.25) is 11.8 Å². The van der Waals surface area contributed by atoms with E-state index in [1.54, 1.807) is 4.90 Å². The normalized spacial score (nSPS) is 17.5. The van der Waals surface area contributed by atoms with Gasteiger partial charge in [-0.25, -0.2) is 0 Å².